The minimum absolute atomic E-state index is 0.0371. The van der Waals surface area contributed by atoms with Crippen LogP contribution in [0.25, 0.3) is 0 Å². The van der Waals surface area contributed by atoms with Crippen molar-refractivity contribution in [1.82, 2.24) is 0 Å². The number of rotatable bonds is 5. The number of carbonyl (C=O) groups excluding carboxylic acids is 2. The number of anilines is 1. The Bertz CT molecular complexity index is 801. The van der Waals surface area contributed by atoms with Crippen molar-refractivity contribution in [2.75, 3.05) is 5.32 Å². The van der Waals surface area contributed by atoms with Gasteiger partial charge in [0.1, 0.15) is 6.04 Å². The van der Waals surface area contributed by atoms with Crippen molar-refractivity contribution in [3.05, 3.63) is 60.2 Å². The molecular formula is C22H26N2O2S. The summed E-state index contributed by atoms with van der Waals surface area (Å²) in [6.07, 6.45) is 5.19. The molecule has 0 aromatic heterocycles. The number of nitrogens with one attached hydrogen (secondary N) is 1. The van der Waals surface area contributed by atoms with E-state index in [0.29, 0.717) is 5.69 Å². The number of hydrogen-bond donors (Lipinski definition) is 2. The van der Waals surface area contributed by atoms with Crippen LogP contribution >= 0.6 is 11.8 Å². The van der Waals surface area contributed by atoms with Crippen LogP contribution in [0.4, 0.5) is 5.69 Å². The van der Waals surface area contributed by atoms with Crippen molar-refractivity contribution < 1.29 is 9.59 Å². The summed E-state index contributed by atoms with van der Waals surface area (Å²) in [7, 11) is 0. The summed E-state index contributed by atoms with van der Waals surface area (Å²) in [5, 5.41) is 2.91. The molecule has 0 saturated heterocycles. The predicted octanol–water partition coefficient (Wildman–Crippen LogP) is 4.91. The second kappa shape index (κ2) is 8.72. The summed E-state index contributed by atoms with van der Waals surface area (Å²) in [5.74, 6) is 0.0371. The smallest absolute Gasteiger partial charge is 0.230 e. The van der Waals surface area contributed by atoms with Crippen molar-refractivity contribution in [2.45, 2.75) is 50.0 Å². The SMILES string of the molecule is CC1(C(=O)Nc2ccccc2SC(=O)C(N)c2ccccc2)CCCCC1. The van der Waals surface area contributed by atoms with Crippen molar-refractivity contribution in [1.29, 1.82) is 0 Å². The fourth-order valence-corrected chi connectivity index (χ4v) is 4.32. The standard InChI is InChI=1S/C22H26N2O2S/c1-22(14-8-3-9-15-22)21(26)24-17-12-6-7-13-18(17)27-20(25)19(23)16-10-4-2-5-11-16/h2,4-7,10-13,19H,3,8-9,14-15,23H2,1H3,(H,24,26). The van der Waals surface area contributed by atoms with Crippen LogP contribution in [0.15, 0.2) is 59.5 Å². The van der Waals surface area contributed by atoms with Gasteiger partial charge in [0.05, 0.1) is 5.69 Å². The van der Waals surface area contributed by atoms with E-state index in [2.05, 4.69) is 5.32 Å². The third-order valence-electron chi connectivity index (χ3n) is 5.26. The molecule has 4 nitrogen and oxygen atoms in total. The van der Waals surface area contributed by atoms with Crippen molar-refractivity contribution >= 4 is 28.5 Å². The van der Waals surface area contributed by atoms with Crippen molar-refractivity contribution in [3.63, 3.8) is 0 Å². The lowest BCUT2D eigenvalue weighted by Gasteiger charge is -2.32. The Hall–Kier alpha value is -2.11. The van der Waals surface area contributed by atoms with Gasteiger partial charge in [-0.15, -0.1) is 0 Å². The van der Waals surface area contributed by atoms with E-state index < -0.39 is 6.04 Å². The van der Waals surface area contributed by atoms with E-state index in [1.807, 2.05) is 61.5 Å². The first-order valence-corrected chi connectivity index (χ1v) is 10.2. The van der Waals surface area contributed by atoms with Gasteiger partial charge in [-0.3, -0.25) is 9.59 Å². The predicted molar refractivity (Wildman–Crippen MR) is 110 cm³/mol. The fourth-order valence-electron chi connectivity index (χ4n) is 3.46. The number of benzene rings is 2. The highest BCUT2D eigenvalue weighted by atomic mass is 32.2. The average Bonchev–Trinajstić information content (AvgIpc) is 2.70. The Morgan fingerprint density at radius 3 is 2.33 bits per heavy atom. The number of para-hydroxylation sites is 1. The quantitative estimate of drug-likeness (QED) is 0.721. The molecule has 1 aliphatic rings. The number of thioether (sulfide) groups is 1. The van der Waals surface area contributed by atoms with Crippen LogP contribution in [0.1, 0.15) is 50.6 Å². The van der Waals surface area contributed by atoms with Crippen molar-refractivity contribution in [3.8, 4) is 0 Å². The highest BCUT2D eigenvalue weighted by Crippen LogP contribution is 2.38. The number of amides is 1. The minimum atomic E-state index is -0.698. The zero-order valence-electron chi connectivity index (χ0n) is 15.6. The fraction of sp³-hybridized carbons (Fsp3) is 0.364. The van der Waals surface area contributed by atoms with Gasteiger partial charge in [0, 0.05) is 10.3 Å². The molecule has 0 heterocycles. The van der Waals surface area contributed by atoms with E-state index in [1.54, 1.807) is 0 Å². The van der Waals surface area contributed by atoms with Crippen LogP contribution in [0, 0.1) is 5.41 Å². The third kappa shape index (κ3) is 4.79. The van der Waals surface area contributed by atoms with Crippen LogP contribution in [-0.4, -0.2) is 11.0 Å². The molecule has 0 radical (unpaired) electrons. The normalized spacial score (nSPS) is 17.1. The van der Waals surface area contributed by atoms with Gasteiger partial charge < -0.3 is 11.1 Å². The summed E-state index contributed by atoms with van der Waals surface area (Å²) in [4.78, 5) is 26.2. The molecule has 3 rings (SSSR count). The highest BCUT2D eigenvalue weighted by Gasteiger charge is 2.34. The van der Waals surface area contributed by atoms with E-state index in [1.165, 1.54) is 6.42 Å². The second-order valence-corrected chi connectivity index (χ2v) is 8.43. The summed E-state index contributed by atoms with van der Waals surface area (Å²) in [6.45, 7) is 2.04. The van der Waals surface area contributed by atoms with E-state index in [9.17, 15) is 9.59 Å². The van der Waals surface area contributed by atoms with Gasteiger partial charge in [0.2, 0.25) is 11.0 Å². The molecule has 0 aliphatic heterocycles. The van der Waals surface area contributed by atoms with Gasteiger partial charge in [-0.25, -0.2) is 0 Å². The monoisotopic (exact) mass is 382 g/mol. The topological polar surface area (TPSA) is 72.2 Å². The number of hydrogen-bond acceptors (Lipinski definition) is 4. The average molecular weight is 383 g/mol. The second-order valence-electron chi connectivity index (χ2n) is 7.38. The van der Waals surface area contributed by atoms with Crippen LogP contribution in [-0.2, 0) is 9.59 Å². The highest BCUT2D eigenvalue weighted by molar-refractivity contribution is 8.13. The Kier molecular flexibility index (Phi) is 6.34. The zero-order valence-corrected chi connectivity index (χ0v) is 16.4. The molecule has 27 heavy (non-hydrogen) atoms. The van der Waals surface area contributed by atoms with E-state index in [4.69, 9.17) is 5.73 Å². The molecule has 1 atom stereocenters. The first-order valence-electron chi connectivity index (χ1n) is 9.42. The maximum atomic E-state index is 12.9. The molecule has 1 saturated carbocycles. The molecule has 3 N–H and O–H groups in total. The number of nitrogens with two attached hydrogens (primary N) is 1. The molecule has 1 fully saturated rings. The maximum absolute atomic E-state index is 12.9. The van der Waals surface area contributed by atoms with E-state index in [-0.39, 0.29) is 16.4 Å². The Morgan fingerprint density at radius 2 is 1.63 bits per heavy atom. The Morgan fingerprint density at radius 1 is 1.00 bits per heavy atom. The molecule has 1 unspecified atom stereocenters. The van der Waals surface area contributed by atoms with Crippen molar-refractivity contribution in [2.24, 2.45) is 11.1 Å². The molecule has 1 aliphatic carbocycles. The molecule has 142 valence electrons. The lowest BCUT2D eigenvalue weighted by Crippen LogP contribution is -2.35. The molecule has 5 heteroatoms. The molecule has 2 aromatic rings. The van der Waals surface area contributed by atoms with Crippen LogP contribution in [0.3, 0.4) is 0 Å². The molecule has 1 amide bonds. The van der Waals surface area contributed by atoms with E-state index in [0.717, 1.165) is 47.9 Å². The minimum Gasteiger partial charge on any atom is -0.325 e. The molecule has 0 bridgehead atoms. The van der Waals surface area contributed by atoms with Gasteiger partial charge in [-0.05, 0) is 42.3 Å². The molecule has 0 spiro atoms. The van der Waals surface area contributed by atoms with Gasteiger partial charge in [0.15, 0.2) is 0 Å². The van der Waals surface area contributed by atoms with Crippen LogP contribution in [0.5, 0.6) is 0 Å². The zero-order chi connectivity index (χ0) is 19.3. The maximum Gasteiger partial charge on any atom is 0.230 e. The summed E-state index contributed by atoms with van der Waals surface area (Å²) in [6, 6.07) is 16.0. The largest absolute Gasteiger partial charge is 0.325 e. The van der Waals surface area contributed by atoms with E-state index >= 15 is 0 Å². The first kappa shape index (κ1) is 19.6. The number of carbonyl (C=O) groups is 2. The lowest BCUT2D eigenvalue weighted by molar-refractivity contribution is -0.126. The van der Waals surface area contributed by atoms with Crippen LogP contribution in [0.2, 0.25) is 0 Å². The third-order valence-corrected chi connectivity index (χ3v) is 6.29. The summed E-state index contributed by atoms with van der Waals surface area (Å²) < 4.78 is 0. The lowest BCUT2D eigenvalue weighted by atomic mass is 9.75. The van der Waals surface area contributed by atoms with Gasteiger partial charge >= 0.3 is 0 Å². The van der Waals surface area contributed by atoms with Gasteiger partial charge in [-0.2, -0.15) is 0 Å². The molecule has 2 aromatic carbocycles. The Balaban J connectivity index is 1.72. The van der Waals surface area contributed by atoms with Gasteiger partial charge in [-0.1, -0.05) is 68.7 Å². The molecular weight excluding hydrogens is 356 g/mol. The van der Waals surface area contributed by atoms with Crippen LogP contribution < -0.4 is 11.1 Å². The first-order chi connectivity index (χ1) is 13.0. The van der Waals surface area contributed by atoms with Gasteiger partial charge in [0.25, 0.3) is 0 Å². The summed E-state index contributed by atoms with van der Waals surface area (Å²) >= 11 is 1.08. The Labute approximate surface area is 164 Å². The summed E-state index contributed by atoms with van der Waals surface area (Å²) in [5.41, 5.74) is 7.24.